The van der Waals surface area contributed by atoms with Gasteiger partial charge >= 0.3 is 5.97 Å². The maximum Gasteiger partial charge on any atom is 0.339 e. The van der Waals surface area contributed by atoms with Crippen LogP contribution < -0.4 is 5.73 Å². The zero-order chi connectivity index (χ0) is 17.2. The lowest BCUT2D eigenvalue weighted by Gasteiger charge is -2.34. The standard InChI is InChI=1S/C15H21ClN2O4S.ClH/c1-10(17)11-4-3-7-18(9-11)23(20,21)14-6-5-12(16)8-13(14)15(19)22-2;/h5-6,8,10-11H,3-4,7,9,17H2,1-2H3;1H. The third kappa shape index (κ3) is 4.40. The van der Waals surface area contributed by atoms with Gasteiger partial charge in [-0.2, -0.15) is 4.31 Å². The normalized spacial score (nSPS) is 20.1. The van der Waals surface area contributed by atoms with Gasteiger partial charge in [-0.15, -0.1) is 12.4 Å². The van der Waals surface area contributed by atoms with E-state index in [4.69, 9.17) is 17.3 Å². The van der Waals surface area contributed by atoms with Gasteiger partial charge in [0.25, 0.3) is 0 Å². The molecule has 136 valence electrons. The quantitative estimate of drug-likeness (QED) is 0.788. The fraction of sp³-hybridized carbons (Fsp3) is 0.533. The minimum Gasteiger partial charge on any atom is -0.465 e. The number of nitrogens with two attached hydrogens (primary N) is 1. The number of esters is 1. The molecule has 1 aliphatic heterocycles. The summed E-state index contributed by atoms with van der Waals surface area (Å²) in [7, 11) is -2.61. The number of nitrogens with zero attached hydrogens (tertiary/aromatic N) is 1. The number of ether oxygens (including phenoxy) is 1. The van der Waals surface area contributed by atoms with Gasteiger partial charge in [0.2, 0.25) is 10.0 Å². The Morgan fingerprint density at radius 1 is 1.46 bits per heavy atom. The average molecular weight is 397 g/mol. The first-order valence-corrected chi connectivity index (χ1v) is 9.22. The molecule has 0 radical (unpaired) electrons. The molecule has 1 aromatic carbocycles. The van der Waals surface area contributed by atoms with Gasteiger partial charge < -0.3 is 10.5 Å². The second-order valence-corrected chi connectivity index (χ2v) is 8.10. The Kier molecular flexibility index (Phi) is 7.49. The van der Waals surface area contributed by atoms with Crippen molar-refractivity contribution in [2.75, 3.05) is 20.2 Å². The van der Waals surface area contributed by atoms with E-state index in [9.17, 15) is 13.2 Å². The molecule has 0 aromatic heterocycles. The Hall–Kier alpha value is -0.860. The minimum atomic E-state index is -3.81. The van der Waals surface area contributed by atoms with Gasteiger partial charge in [-0.25, -0.2) is 13.2 Å². The van der Waals surface area contributed by atoms with E-state index in [2.05, 4.69) is 4.74 Å². The molecule has 2 N–H and O–H groups in total. The lowest BCUT2D eigenvalue weighted by molar-refractivity contribution is 0.0596. The molecule has 1 aliphatic rings. The monoisotopic (exact) mass is 396 g/mol. The van der Waals surface area contributed by atoms with Gasteiger partial charge in [-0.05, 0) is 43.9 Å². The van der Waals surface area contributed by atoms with E-state index >= 15 is 0 Å². The number of halogens is 2. The summed E-state index contributed by atoms with van der Waals surface area (Å²) in [4.78, 5) is 11.8. The van der Waals surface area contributed by atoms with Gasteiger partial charge in [0.1, 0.15) is 0 Å². The fourth-order valence-electron chi connectivity index (χ4n) is 2.76. The zero-order valence-electron chi connectivity index (χ0n) is 13.6. The summed E-state index contributed by atoms with van der Waals surface area (Å²) in [5, 5.41) is 0.274. The number of methoxy groups -OCH3 is 1. The molecule has 24 heavy (non-hydrogen) atoms. The zero-order valence-corrected chi connectivity index (χ0v) is 16.0. The van der Waals surface area contributed by atoms with Crippen LogP contribution in [0.2, 0.25) is 5.02 Å². The first-order chi connectivity index (χ1) is 10.8. The number of sulfonamides is 1. The Balaban J connectivity index is 0.00000288. The van der Waals surface area contributed by atoms with Crippen molar-refractivity contribution in [2.24, 2.45) is 11.7 Å². The van der Waals surface area contributed by atoms with Gasteiger partial charge in [0.15, 0.2) is 0 Å². The van der Waals surface area contributed by atoms with Crippen molar-refractivity contribution < 1.29 is 17.9 Å². The molecular formula is C15H22Cl2N2O4S. The van der Waals surface area contributed by atoms with Crippen molar-refractivity contribution in [1.82, 2.24) is 4.31 Å². The highest BCUT2D eigenvalue weighted by atomic mass is 35.5. The SMILES string of the molecule is COC(=O)c1cc(Cl)ccc1S(=O)(=O)N1CCCC(C(C)N)C1.Cl. The summed E-state index contributed by atoms with van der Waals surface area (Å²) >= 11 is 5.89. The fourth-order valence-corrected chi connectivity index (χ4v) is 4.62. The second-order valence-electron chi connectivity index (χ2n) is 5.76. The lowest BCUT2D eigenvalue weighted by atomic mass is 9.93. The van der Waals surface area contributed by atoms with E-state index in [1.165, 1.54) is 29.6 Å². The third-order valence-corrected chi connectivity index (χ3v) is 6.29. The van der Waals surface area contributed by atoms with Crippen LogP contribution >= 0.6 is 24.0 Å². The van der Waals surface area contributed by atoms with Crippen molar-refractivity contribution >= 4 is 40.0 Å². The van der Waals surface area contributed by atoms with Crippen LogP contribution in [-0.2, 0) is 14.8 Å². The number of piperidine rings is 1. The average Bonchev–Trinajstić information content (AvgIpc) is 2.53. The number of carbonyl (C=O) groups excluding carboxylic acids is 1. The predicted molar refractivity (Wildman–Crippen MR) is 95.2 cm³/mol. The molecule has 0 aliphatic carbocycles. The summed E-state index contributed by atoms with van der Waals surface area (Å²) < 4.78 is 31.9. The first kappa shape index (κ1) is 21.2. The number of carbonyl (C=O) groups is 1. The molecule has 1 saturated heterocycles. The highest BCUT2D eigenvalue weighted by Gasteiger charge is 2.34. The van der Waals surface area contributed by atoms with Gasteiger partial charge in [-0.1, -0.05) is 11.6 Å². The van der Waals surface area contributed by atoms with Crippen molar-refractivity contribution in [3.63, 3.8) is 0 Å². The molecule has 6 nitrogen and oxygen atoms in total. The van der Waals surface area contributed by atoms with E-state index in [-0.39, 0.29) is 39.8 Å². The van der Waals surface area contributed by atoms with E-state index < -0.39 is 16.0 Å². The molecule has 0 spiro atoms. The van der Waals surface area contributed by atoms with Crippen LogP contribution in [0.4, 0.5) is 0 Å². The lowest BCUT2D eigenvalue weighted by Crippen LogP contribution is -2.45. The Morgan fingerprint density at radius 3 is 2.71 bits per heavy atom. The van der Waals surface area contributed by atoms with Crippen LogP contribution in [0.1, 0.15) is 30.1 Å². The van der Waals surface area contributed by atoms with Crippen LogP contribution in [0, 0.1) is 5.92 Å². The van der Waals surface area contributed by atoms with Crippen LogP contribution in [0.25, 0.3) is 0 Å². The van der Waals surface area contributed by atoms with Crippen molar-refractivity contribution in [1.29, 1.82) is 0 Å². The van der Waals surface area contributed by atoms with Crippen molar-refractivity contribution in [3.05, 3.63) is 28.8 Å². The van der Waals surface area contributed by atoms with Crippen molar-refractivity contribution in [2.45, 2.75) is 30.7 Å². The maximum atomic E-state index is 12.9. The number of hydrogen-bond donors (Lipinski definition) is 1. The molecule has 9 heteroatoms. The van der Waals surface area contributed by atoms with E-state index in [0.29, 0.717) is 13.1 Å². The Labute approximate surface area is 153 Å². The number of hydrogen-bond acceptors (Lipinski definition) is 5. The maximum absolute atomic E-state index is 12.9. The number of benzene rings is 1. The largest absolute Gasteiger partial charge is 0.465 e. The Morgan fingerprint density at radius 2 is 2.12 bits per heavy atom. The minimum absolute atomic E-state index is 0. The number of rotatable bonds is 4. The molecule has 2 atom stereocenters. The van der Waals surface area contributed by atoms with Gasteiger partial charge in [0.05, 0.1) is 17.6 Å². The predicted octanol–water partition coefficient (Wildman–Crippen LogP) is 2.30. The van der Waals surface area contributed by atoms with Gasteiger partial charge in [-0.3, -0.25) is 0 Å². The summed E-state index contributed by atoms with van der Waals surface area (Å²) in [6.45, 7) is 2.64. The molecule has 2 rings (SSSR count). The molecule has 2 unspecified atom stereocenters. The highest BCUT2D eigenvalue weighted by Crippen LogP contribution is 2.28. The molecular weight excluding hydrogens is 375 g/mol. The molecule has 1 heterocycles. The first-order valence-electron chi connectivity index (χ1n) is 7.41. The smallest absolute Gasteiger partial charge is 0.339 e. The van der Waals surface area contributed by atoms with E-state index in [1.54, 1.807) is 0 Å². The molecule has 0 bridgehead atoms. The van der Waals surface area contributed by atoms with Crippen LogP contribution in [0.5, 0.6) is 0 Å². The third-order valence-electron chi connectivity index (χ3n) is 4.13. The highest BCUT2D eigenvalue weighted by molar-refractivity contribution is 7.89. The van der Waals surface area contributed by atoms with Crippen LogP contribution in [0.3, 0.4) is 0 Å². The van der Waals surface area contributed by atoms with E-state index in [0.717, 1.165) is 12.8 Å². The van der Waals surface area contributed by atoms with Crippen LogP contribution in [0.15, 0.2) is 23.1 Å². The molecule has 0 amide bonds. The Bertz CT molecular complexity index is 695. The van der Waals surface area contributed by atoms with Crippen LogP contribution in [-0.4, -0.2) is 44.9 Å². The summed E-state index contributed by atoms with van der Waals surface area (Å²) in [6, 6.07) is 4.03. The summed E-state index contributed by atoms with van der Waals surface area (Å²) in [5.74, 6) is -0.626. The second kappa shape index (κ2) is 8.49. The summed E-state index contributed by atoms with van der Waals surface area (Å²) in [5.41, 5.74) is 5.86. The van der Waals surface area contributed by atoms with E-state index in [1.807, 2.05) is 6.92 Å². The van der Waals surface area contributed by atoms with Gasteiger partial charge in [0, 0.05) is 24.2 Å². The molecule has 1 aromatic rings. The van der Waals surface area contributed by atoms with Crippen molar-refractivity contribution in [3.8, 4) is 0 Å². The topological polar surface area (TPSA) is 89.7 Å². The summed E-state index contributed by atoms with van der Waals surface area (Å²) in [6.07, 6.45) is 1.64. The molecule has 0 saturated carbocycles. The molecule has 1 fully saturated rings.